The molecule has 0 bridgehead atoms. The van der Waals surface area contributed by atoms with Crippen LogP contribution in [0.1, 0.15) is 40.9 Å². The molecule has 2 aromatic rings. The number of hydrogen-bond donors (Lipinski definition) is 2. The first-order valence-electron chi connectivity index (χ1n) is 7.22. The smallest absolute Gasteiger partial charge is 0.252 e. The molecule has 0 aliphatic carbocycles. The van der Waals surface area contributed by atoms with Crippen LogP contribution in [-0.2, 0) is 4.79 Å². The molecule has 0 saturated carbocycles. The Morgan fingerprint density at radius 1 is 1.18 bits per heavy atom. The topological polar surface area (TPSA) is 58.2 Å². The number of amides is 2. The zero-order valence-corrected chi connectivity index (χ0v) is 13.6. The van der Waals surface area contributed by atoms with Gasteiger partial charge in [-0.2, -0.15) is 11.3 Å². The lowest BCUT2D eigenvalue weighted by Crippen LogP contribution is -2.31. The Bertz CT molecular complexity index is 621. The predicted molar refractivity (Wildman–Crippen MR) is 89.0 cm³/mol. The van der Waals surface area contributed by atoms with Gasteiger partial charge < -0.3 is 10.6 Å². The van der Waals surface area contributed by atoms with Crippen LogP contribution in [0.2, 0.25) is 0 Å². The van der Waals surface area contributed by atoms with E-state index in [1.807, 2.05) is 43.5 Å². The zero-order chi connectivity index (χ0) is 15.9. The van der Waals surface area contributed by atoms with Gasteiger partial charge in [0, 0.05) is 23.9 Å². The van der Waals surface area contributed by atoms with E-state index in [9.17, 15) is 9.59 Å². The van der Waals surface area contributed by atoms with E-state index in [1.54, 1.807) is 11.4 Å². The summed E-state index contributed by atoms with van der Waals surface area (Å²) >= 11 is 1.47. The fraction of sp³-hybridized carbons (Fsp3) is 0.294. The molecule has 2 N–H and O–H groups in total. The van der Waals surface area contributed by atoms with Crippen molar-refractivity contribution in [1.29, 1.82) is 0 Å². The van der Waals surface area contributed by atoms with Crippen molar-refractivity contribution >= 4 is 23.2 Å². The second-order valence-electron chi connectivity index (χ2n) is 5.22. The van der Waals surface area contributed by atoms with Gasteiger partial charge >= 0.3 is 0 Å². The first-order valence-corrected chi connectivity index (χ1v) is 8.17. The number of hydrogen-bond acceptors (Lipinski definition) is 3. The van der Waals surface area contributed by atoms with Gasteiger partial charge in [0.1, 0.15) is 0 Å². The van der Waals surface area contributed by atoms with Crippen molar-refractivity contribution in [2.45, 2.75) is 26.3 Å². The Balaban J connectivity index is 1.73. The predicted octanol–water partition coefficient (Wildman–Crippen LogP) is 3.05. The molecule has 116 valence electrons. The molecule has 5 heteroatoms. The summed E-state index contributed by atoms with van der Waals surface area (Å²) in [7, 11) is 0. The molecule has 0 aliphatic rings. The molecule has 0 fully saturated rings. The minimum Gasteiger partial charge on any atom is -0.351 e. The van der Waals surface area contributed by atoms with Crippen molar-refractivity contribution in [3.05, 3.63) is 57.8 Å². The average Bonchev–Trinajstić information content (AvgIpc) is 3.02. The van der Waals surface area contributed by atoms with E-state index in [4.69, 9.17) is 0 Å². The third-order valence-corrected chi connectivity index (χ3v) is 4.06. The van der Waals surface area contributed by atoms with E-state index in [2.05, 4.69) is 10.6 Å². The zero-order valence-electron chi connectivity index (χ0n) is 12.8. The summed E-state index contributed by atoms with van der Waals surface area (Å²) in [6.07, 6.45) is 0.270. The molecule has 1 aromatic heterocycles. The Morgan fingerprint density at radius 2 is 1.91 bits per heavy atom. The Morgan fingerprint density at radius 3 is 2.55 bits per heavy atom. The molecule has 0 aliphatic heterocycles. The number of carbonyl (C=O) groups excluding carboxylic acids is 2. The third kappa shape index (κ3) is 4.70. The van der Waals surface area contributed by atoms with Crippen molar-refractivity contribution in [3.63, 3.8) is 0 Å². The van der Waals surface area contributed by atoms with Gasteiger partial charge in [0.25, 0.3) is 5.91 Å². The molecule has 1 atom stereocenters. The molecule has 1 heterocycles. The minimum atomic E-state index is -0.138. The highest BCUT2D eigenvalue weighted by Gasteiger charge is 2.10. The van der Waals surface area contributed by atoms with Crippen molar-refractivity contribution < 1.29 is 9.59 Å². The number of carbonyl (C=O) groups is 2. The van der Waals surface area contributed by atoms with E-state index in [0.29, 0.717) is 12.1 Å². The normalized spacial score (nSPS) is 11.7. The van der Waals surface area contributed by atoms with Crippen LogP contribution in [0.5, 0.6) is 0 Å². The van der Waals surface area contributed by atoms with Crippen LogP contribution in [0.25, 0.3) is 0 Å². The van der Waals surface area contributed by atoms with E-state index in [0.717, 1.165) is 5.56 Å². The largest absolute Gasteiger partial charge is 0.351 e. The molecular weight excluding hydrogens is 296 g/mol. The quantitative estimate of drug-likeness (QED) is 0.860. The van der Waals surface area contributed by atoms with E-state index >= 15 is 0 Å². The molecule has 1 unspecified atom stereocenters. The van der Waals surface area contributed by atoms with Gasteiger partial charge in [0.15, 0.2) is 0 Å². The summed E-state index contributed by atoms with van der Waals surface area (Å²) in [4.78, 5) is 23.6. The summed E-state index contributed by atoms with van der Waals surface area (Å²) in [6.45, 7) is 4.32. The summed E-state index contributed by atoms with van der Waals surface area (Å²) < 4.78 is 0. The fourth-order valence-corrected chi connectivity index (χ4v) is 2.67. The second-order valence-corrected chi connectivity index (χ2v) is 6.00. The lowest BCUT2D eigenvalue weighted by Gasteiger charge is -2.14. The summed E-state index contributed by atoms with van der Waals surface area (Å²) in [5.41, 5.74) is 2.90. The first kappa shape index (κ1) is 16.2. The van der Waals surface area contributed by atoms with E-state index < -0.39 is 0 Å². The van der Waals surface area contributed by atoms with Crippen LogP contribution < -0.4 is 10.6 Å². The van der Waals surface area contributed by atoms with Crippen molar-refractivity contribution in [1.82, 2.24) is 10.6 Å². The molecule has 0 saturated heterocycles. The lowest BCUT2D eigenvalue weighted by molar-refractivity contribution is -0.121. The van der Waals surface area contributed by atoms with Gasteiger partial charge in [-0.05, 0) is 30.9 Å². The number of nitrogens with one attached hydrogen (secondary N) is 2. The van der Waals surface area contributed by atoms with Gasteiger partial charge in [0.05, 0.1) is 6.04 Å². The molecule has 0 radical (unpaired) electrons. The number of aryl methyl sites for hydroxylation is 1. The van der Waals surface area contributed by atoms with Gasteiger partial charge in [-0.25, -0.2) is 0 Å². The summed E-state index contributed by atoms with van der Waals surface area (Å²) in [5.74, 6) is -0.209. The van der Waals surface area contributed by atoms with Gasteiger partial charge in [0.2, 0.25) is 5.91 Å². The van der Waals surface area contributed by atoms with Gasteiger partial charge in [-0.1, -0.05) is 29.8 Å². The van der Waals surface area contributed by atoms with Gasteiger partial charge in [-0.15, -0.1) is 0 Å². The van der Waals surface area contributed by atoms with E-state index in [-0.39, 0.29) is 24.3 Å². The second kappa shape index (κ2) is 7.75. The van der Waals surface area contributed by atoms with Crippen LogP contribution >= 0.6 is 11.3 Å². The molecule has 0 spiro atoms. The Labute approximate surface area is 134 Å². The third-order valence-electron chi connectivity index (χ3n) is 3.38. The van der Waals surface area contributed by atoms with E-state index in [1.165, 1.54) is 16.9 Å². The molecule has 4 nitrogen and oxygen atoms in total. The van der Waals surface area contributed by atoms with Crippen molar-refractivity contribution in [2.24, 2.45) is 0 Å². The Kier molecular flexibility index (Phi) is 5.72. The van der Waals surface area contributed by atoms with Crippen molar-refractivity contribution in [3.8, 4) is 0 Å². The SMILES string of the molecule is Cc1ccc(C(C)NC(=O)CCNC(=O)c2ccsc2)cc1. The maximum atomic E-state index is 11.9. The molecule has 2 rings (SSSR count). The first-order chi connectivity index (χ1) is 10.6. The van der Waals surface area contributed by atoms with Crippen LogP contribution in [0.3, 0.4) is 0 Å². The van der Waals surface area contributed by atoms with Crippen molar-refractivity contribution in [2.75, 3.05) is 6.54 Å². The van der Waals surface area contributed by atoms with Crippen LogP contribution in [-0.4, -0.2) is 18.4 Å². The number of rotatable bonds is 6. The van der Waals surface area contributed by atoms with Crippen LogP contribution in [0.4, 0.5) is 0 Å². The molecule has 22 heavy (non-hydrogen) atoms. The maximum absolute atomic E-state index is 11.9. The highest BCUT2D eigenvalue weighted by Crippen LogP contribution is 2.13. The maximum Gasteiger partial charge on any atom is 0.252 e. The van der Waals surface area contributed by atoms with Crippen LogP contribution in [0.15, 0.2) is 41.1 Å². The summed E-state index contributed by atoms with van der Waals surface area (Å²) in [6, 6.07) is 9.80. The fourth-order valence-electron chi connectivity index (χ4n) is 2.04. The highest BCUT2D eigenvalue weighted by molar-refractivity contribution is 7.08. The van der Waals surface area contributed by atoms with Crippen LogP contribution in [0, 0.1) is 6.92 Å². The molecule has 2 amide bonds. The monoisotopic (exact) mass is 316 g/mol. The highest BCUT2D eigenvalue weighted by atomic mass is 32.1. The molecule has 1 aromatic carbocycles. The average molecular weight is 316 g/mol. The Hall–Kier alpha value is -2.14. The molecular formula is C17H20N2O2S. The summed E-state index contributed by atoms with van der Waals surface area (Å²) in [5, 5.41) is 9.32. The lowest BCUT2D eigenvalue weighted by atomic mass is 10.1. The number of benzene rings is 1. The minimum absolute atomic E-state index is 0.0410. The number of thiophene rings is 1. The van der Waals surface area contributed by atoms with Gasteiger partial charge in [-0.3, -0.25) is 9.59 Å². The standard InChI is InChI=1S/C17H20N2O2S/c1-12-3-5-14(6-4-12)13(2)19-16(20)7-9-18-17(21)15-8-10-22-11-15/h3-6,8,10-11,13H,7,9H2,1-2H3,(H,18,21)(H,19,20).